The van der Waals surface area contributed by atoms with Crippen molar-refractivity contribution in [3.8, 4) is 0 Å². The lowest BCUT2D eigenvalue weighted by atomic mass is 9.90. The molecule has 0 aliphatic carbocycles. The van der Waals surface area contributed by atoms with Crippen molar-refractivity contribution in [2.45, 2.75) is 45.1 Å². The second kappa shape index (κ2) is 5.66. The van der Waals surface area contributed by atoms with Gasteiger partial charge < -0.3 is 11.1 Å². The molecule has 0 spiro atoms. The van der Waals surface area contributed by atoms with Crippen LogP contribution in [-0.4, -0.2) is 30.3 Å². The normalized spacial score (nSPS) is 16.1. The number of nitrogens with one attached hydrogen (secondary N) is 1. The molecule has 3 N–H and O–H groups in total. The Balaban J connectivity index is 4.74. The molecule has 0 aliphatic heterocycles. The van der Waals surface area contributed by atoms with Gasteiger partial charge in [0.15, 0.2) is 0 Å². The summed E-state index contributed by atoms with van der Waals surface area (Å²) in [5.41, 5.74) is 4.27. The fraction of sp³-hybridized carbons (Fsp3) is 0.900. The Labute approximate surface area is 97.7 Å². The first-order chi connectivity index (χ1) is 7.55. The summed E-state index contributed by atoms with van der Waals surface area (Å²) in [7, 11) is 0. The topological polar surface area (TPSA) is 55.1 Å². The highest BCUT2D eigenvalue weighted by atomic mass is 19.3. The van der Waals surface area contributed by atoms with E-state index in [1.165, 1.54) is 6.92 Å². The van der Waals surface area contributed by atoms with Crippen molar-refractivity contribution in [1.29, 1.82) is 0 Å². The fourth-order valence-electron chi connectivity index (χ4n) is 1.54. The highest BCUT2D eigenvalue weighted by molar-refractivity contribution is 5.84. The first-order valence-corrected chi connectivity index (χ1v) is 5.24. The van der Waals surface area contributed by atoms with Crippen LogP contribution in [0.4, 0.5) is 17.6 Å². The van der Waals surface area contributed by atoms with Crippen molar-refractivity contribution in [3.05, 3.63) is 0 Å². The number of nitrogens with two attached hydrogens (primary N) is 1. The minimum atomic E-state index is -4.69. The van der Waals surface area contributed by atoms with E-state index in [9.17, 15) is 22.4 Å². The largest absolute Gasteiger partial charge is 0.383 e. The molecular formula is C10H18F4N2O. The van der Waals surface area contributed by atoms with Crippen LogP contribution in [-0.2, 0) is 4.79 Å². The summed E-state index contributed by atoms with van der Waals surface area (Å²) >= 11 is 0. The summed E-state index contributed by atoms with van der Waals surface area (Å²) in [6, 6.07) is 0. The zero-order valence-electron chi connectivity index (χ0n) is 10.1. The van der Waals surface area contributed by atoms with E-state index in [0.29, 0.717) is 6.42 Å². The third-order valence-corrected chi connectivity index (χ3v) is 2.30. The molecule has 1 amide bonds. The third-order valence-electron chi connectivity index (χ3n) is 2.30. The molecule has 0 aromatic carbocycles. The highest BCUT2D eigenvalue weighted by Gasteiger charge is 2.50. The fourth-order valence-corrected chi connectivity index (χ4v) is 1.54. The lowest BCUT2D eigenvalue weighted by molar-refractivity contribution is -0.171. The zero-order valence-corrected chi connectivity index (χ0v) is 10.1. The molecule has 0 rings (SSSR count). The molecule has 3 nitrogen and oxygen atoms in total. The minimum absolute atomic E-state index is 0.0871. The Bertz CT molecular complexity index is 271. The molecule has 0 aromatic heterocycles. The van der Waals surface area contributed by atoms with E-state index < -0.39 is 23.8 Å². The first kappa shape index (κ1) is 16.1. The lowest BCUT2D eigenvalue weighted by Crippen LogP contribution is -2.58. The van der Waals surface area contributed by atoms with E-state index in [-0.39, 0.29) is 12.5 Å². The molecule has 0 aromatic rings. The van der Waals surface area contributed by atoms with Gasteiger partial charge >= 0.3 is 12.3 Å². The quantitative estimate of drug-likeness (QED) is 0.713. The SMILES string of the molecule is CC(C)CC(C)(CN)NC(=O)C(F)(F)C(F)F. The van der Waals surface area contributed by atoms with E-state index in [2.05, 4.69) is 0 Å². The summed E-state index contributed by atoms with van der Waals surface area (Å²) in [5.74, 6) is -6.59. The van der Waals surface area contributed by atoms with Crippen molar-refractivity contribution in [3.63, 3.8) is 0 Å². The van der Waals surface area contributed by atoms with Crippen LogP contribution in [0.2, 0.25) is 0 Å². The summed E-state index contributed by atoms with van der Waals surface area (Å²) in [4.78, 5) is 11.1. The summed E-state index contributed by atoms with van der Waals surface area (Å²) in [6.07, 6.45) is -3.70. The average molecular weight is 258 g/mol. The minimum Gasteiger partial charge on any atom is -0.344 e. The Morgan fingerprint density at radius 3 is 2.12 bits per heavy atom. The van der Waals surface area contributed by atoms with Gasteiger partial charge in [0.05, 0.1) is 0 Å². The van der Waals surface area contributed by atoms with E-state index in [4.69, 9.17) is 5.73 Å². The van der Waals surface area contributed by atoms with Gasteiger partial charge in [0.2, 0.25) is 0 Å². The van der Waals surface area contributed by atoms with E-state index in [1.54, 1.807) is 0 Å². The Morgan fingerprint density at radius 1 is 1.35 bits per heavy atom. The maximum Gasteiger partial charge on any atom is 0.383 e. The molecule has 0 fully saturated rings. The number of amides is 1. The van der Waals surface area contributed by atoms with Crippen molar-refractivity contribution in [2.75, 3.05) is 6.54 Å². The molecule has 17 heavy (non-hydrogen) atoms. The molecule has 0 heterocycles. The van der Waals surface area contributed by atoms with Gasteiger partial charge in [-0.1, -0.05) is 13.8 Å². The number of carbonyl (C=O) groups is 1. The van der Waals surface area contributed by atoms with E-state index in [0.717, 1.165) is 0 Å². The second-order valence-corrected chi connectivity index (χ2v) is 4.74. The molecule has 1 unspecified atom stereocenters. The van der Waals surface area contributed by atoms with Crippen LogP contribution in [0.3, 0.4) is 0 Å². The molecular weight excluding hydrogens is 240 g/mol. The first-order valence-electron chi connectivity index (χ1n) is 5.24. The van der Waals surface area contributed by atoms with Gasteiger partial charge in [0, 0.05) is 12.1 Å². The van der Waals surface area contributed by atoms with Crippen LogP contribution in [0.5, 0.6) is 0 Å². The van der Waals surface area contributed by atoms with Crippen LogP contribution in [0, 0.1) is 5.92 Å². The molecule has 1 atom stereocenters. The zero-order chi connectivity index (χ0) is 13.9. The number of halogens is 4. The van der Waals surface area contributed by atoms with Gasteiger partial charge in [0.1, 0.15) is 0 Å². The lowest BCUT2D eigenvalue weighted by Gasteiger charge is -2.32. The van der Waals surface area contributed by atoms with Gasteiger partial charge in [0.25, 0.3) is 5.91 Å². The molecule has 0 radical (unpaired) electrons. The van der Waals surface area contributed by atoms with Crippen LogP contribution < -0.4 is 11.1 Å². The predicted molar refractivity (Wildman–Crippen MR) is 56.0 cm³/mol. The summed E-state index contributed by atoms with van der Waals surface area (Å²) in [6.45, 7) is 4.97. The smallest absolute Gasteiger partial charge is 0.344 e. The van der Waals surface area contributed by atoms with Crippen LogP contribution in [0.1, 0.15) is 27.2 Å². The summed E-state index contributed by atoms with van der Waals surface area (Å²) < 4.78 is 49.4. The van der Waals surface area contributed by atoms with Crippen LogP contribution >= 0.6 is 0 Å². The van der Waals surface area contributed by atoms with E-state index in [1.807, 2.05) is 19.2 Å². The van der Waals surface area contributed by atoms with Crippen LogP contribution in [0.25, 0.3) is 0 Å². The number of alkyl halides is 4. The predicted octanol–water partition coefficient (Wildman–Crippen LogP) is 1.77. The van der Waals surface area contributed by atoms with Gasteiger partial charge in [-0.2, -0.15) is 8.78 Å². The number of hydrogen-bond donors (Lipinski definition) is 2. The molecule has 7 heteroatoms. The van der Waals surface area contributed by atoms with Crippen molar-refractivity contribution in [1.82, 2.24) is 5.32 Å². The number of carbonyl (C=O) groups excluding carboxylic acids is 1. The highest BCUT2D eigenvalue weighted by Crippen LogP contribution is 2.25. The maximum absolute atomic E-state index is 12.7. The maximum atomic E-state index is 12.7. The van der Waals surface area contributed by atoms with Crippen molar-refractivity contribution < 1.29 is 22.4 Å². The monoisotopic (exact) mass is 258 g/mol. The average Bonchev–Trinajstić information content (AvgIpc) is 2.15. The second-order valence-electron chi connectivity index (χ2n) is 4.74. The van der Waals surface area contributed by atoms with Crippen molar-refractivity contribution >= 4 is 5.91 Å². The van der Waals surface area contributed by atoms with Gasteiger partial charge in [-0.15, -0.1) is 0 Å². The van der Waals surface area contributed by atoms with Gasteiger partial charge in [-0.25, -0.2) is 8.78 Å². The third kappa shape index (κ3) is 4.49. The Morgan fingerprint density at radius 2 is 1.82 bits per heavy atom. The van der Waals surface area contributed by atoms with Crippen molar-refractivity contribution in [2.24, 2.45) is 11.7 Å². The number of hydrogen-bond acceptors (Lipinski definition) is 2. The van der Waals surface area contributed by atoms with E-state index >= 15 is 0 Å². The molecule has 0 bridgehead atoms. The Kier molecular flexibility index (Phi) is 5.38. The van der Waals surface area contributed by atoms with Gasteiger partial charge in [-0.05, 0) is 19.3 Å². The van der Waals surface area contributed by atoms with Crippen LogP contribution in [0.15, 0.2) is 0 Å². The van der Waals surface area contributed by atoms with Gasteiger partial charge in [-0.3, -0.25) is 4.79 Å². The Hall–Kier alpha value is -0.850. The standard InChI is InChI=1S/C10H18F4N2O/c1-6(2)4-9(3,5-15)16-8(17)10(13,14)7(11)12/h6-7H,4-5,15H2,1-3H3,(H,16,17). The number of rotatable bonds is 6. The molecule has 0 aliphatic rings. The molecule has 0 saturated carbocycles. The molecule has 0 saturated heterocycles. The molecule has 102 valence electrons. The summed E-state index contributed by atoms with van der Waals surface area (Å²) in [5, 5.41) is 1.90.